The summed E-state index contributed by atoms with van der Waals surface area (Å²) in [5, 5.41) is 0. The van der Waals surface area contributed by atoms with Gasteiger partial charge in [0, 0.05) is 6.61 Å². The van der Waals surface area contributed by atoms with Gasteiger partial charge in [0.25, 0.3) is 0 Å². The van der Waals surface area contributed by atoms with Gasteiger partial charge in [-0.05, 0) is 61.4 Å². The molecule has 236 valence electrons. The lowest BCUT2D eigenvalue weighted by atomic mass is 9.91. The van der Waals surface area contributed by atoms with Crippen LogP contribution in [-0.2, 0) is 4.74 Å². The quantitative estimate of drug-likeness (QED) is 0.0667. The molecule has 0 spiro atoms. The molecule has 3 nitrogen and oxygen atoms in total. The molecule has 0 bridgehead atoms. The first-order chi connectivity index (χ1) is 20.6. The maximum absolute atomic E-state index is 12.9. The van der Waals surface area contributed by atoms with Crippen LogP contribution in [0.2, 0.25) is 0 Å². The standard InChI is InChI=1S/C39H62O3/c1-5-8-9-10-11-12-13-14-15-16-17-18-19-20-21-24-32-41-33(4)35-28-30-36(31-29-35)39(40)42-38-27-23-22-26-37(38)34(7-3)25-6-2/h22-23,26-31,33-34H,5-21,24-25,32H2,1-4H3. The third-order valence-corrected chi connectivity index (χ3v) is 8.67. The second-order valence-corrected chi connectivity index (χ2v) is 12.3. The molecule has 0 heterocycles. The summed E-state index contributed by atoms with van der Waals surface area (Å²) in [5.74, 6) is 0.790. The van der Waals surface area contributed by atoms with Crippen molar-refractivity contribution in [3.8, 4) is 5.75 Å². The molecule has 0 aliphatic heterocycles. The van der Waals surface area contributed by atoms with Gasteiger partial charge in [-0.1, -0.05) is 154 Å². The molecule has 0 fully saturated rings. The van der Waals surface area contributed by atoms with E-state index in [2.05, 4.69) is 33.8 Å². The van der Waals surface area contributed by atoms with Gasteiger partial charge in [-0.25, -0.2) is 4.79 Å². The third-order valence-electron chi connectivity index (χ3n) is 8.67. The summed E-state index contributed by atoms with van der Waals surface area (Å²) >= 11 is 0. The summed E-state index contributed by atoms with van der Waals surface area (Å²) in [7, 11) is 0. The topological polar surface area (TPSA) is 35.5 Å². The van der Waals surface area contributed by atoms with E-state index in [-0.39, 0.29) is 12.1 Å². The summed E-state index contributed by atoms with van der Waals surface area (Å²) in [6, 6.07) is 15.7. The highest BCUT2D eigenvalue weighted by Gasteiger charge is 2.17. The fourth-order valence-electron chi connectivity index (χ4n) is 5.89. The molecule has 0 radical (unpaired) electrons. The number of ether oxygens (including phenoxy) is 2. The van der Waals surface area contributed by atoms with Crippen LogP contribution >= 0.6 is 0 Å². The number of esters is 1. The largest absolute Gasteiger partial charge is 0.423 e. The van der Waals surface area contributed by atoms with Gasteiger partial charge in [-0.2, -0.15) is 0 Å². The Morgan fingerprint density at radius 1 is 0.643 bits per heavy atom. The molecule has 0 saturated heterocycles. The number of unbranched alkanes of at least 4 members (excludes halogenated alkanes) is 15. The monoisotopic (exact) mass is 578 g/mol. The maximum atomic E-state index is 12.9. The van der Waals surface area contributed by atoms with Crippen molar-refractivity contribution in [3.63, 3.8) is 0 Å². The number of carbonyl (C=O) groups is 1. The first kappa shape index (κ1) is 36.1. The van der Waals surface area contributed by atoms with Gasteiger partial charge in [0.05, 0.1) is 11.7 Å². The molecule has 3 heteroatoms. The van der Waals surface area contributed by atoms with Gasteiger partial charge in [0.1, 0.15) is 5.75 Å². The summed E-state index contributed by atoms with van der Waals surface area (Å²) in [6.45, 7) is 9.56. The number of hydrogen-bond acceptors (Lipinski definition) is 3. The van der Waals surface area contributed by atoms with Gasteiger partial charge in [-0.15, -0.1) is 0 Å². The van der Waals surface area contributed by atoms with Crippen LogP contribution in [0.25, 0.3) is 0 Å². The Labute approximate surface area is 259 Å². The van der Waals surface area contributed by atoms with Crippen molar-refractivity contribution in [2.75, 3.05) is 6.61 Å². The highest BCUT2D eigenvalue weighted by Crippen LogP contribution is 2.32. The van der Waals surface area contributed by atoms with Crippen LogP contribution < -0.4 is 4.74 Å². The Morgan fingerprint density at radius 3 is 1.69 bits per heavy atom. The molecule has 0 amide bonds. The molecule has 2 unspecified atom stereocenters. The average Bonchev–Trinajstić information content (AvgIpc) is 3.01. The van der Waals surface area contributed by atoms with Crippen molar-refractivity contribution in [1.82, 2.24) is 0 Å². The van der Waals surface area contributed by atoms with Crippen molar-refractivity contribution in [2.24, 2.45) is 0 Å². The summed E-state index contributed by atoms with van der Waals surface area (Å²) in [5.41, 5.74) is 2.79. The number of para-hydroxylation sites is 1. The van der Waals surface area contributed by atoms with E-state index in [0.717, 1.165) is 43.4 Å². The van der Waals surface area contributed by atoms with E-state index in [1.165, 1.54) is 96.3 Å². The van der Waals surface area contributed by atoms with Crippen LogP contribution in [0.3, 0.4) is 0 Å². The lowest BCUT2D eigenvalue weighted by Crippen LogP contribution is -2.11. The molecule has 0 N–H and O–H groups in total. The minimum absolute atomic E-state index is 0.0199. The molecular weight excluding hydrogens is 516 g/mol. The summed E-state index contributed by atoms with van der Waals surface area (Å²) < 4.78 is 12.0. The zero-order chi connectivity index (χ0) is 30.3. The smallest absolute Gasteiger partial charge is 0.343 e. The Hall–Kier alpha value is -2.13. The van der Waals surface area contributed by atoms with Crippen molar-refractivity contribution in [1.29, 1.82) is 0 Å². The van der Waals surface area contributed by atoms with Crippen LogP contribution in [0.1, 0.15) is 183 Å². The number of carbonyl (C=O) groups excluding carboxylic acids is 1. The van der Waals surface area contributed by atoms with E-state index >= 15 is 0 Å². The molecule has 0 saturated carbocycles. The van der Waals surface area contributed by atoms with E-state index in [9.17, 15) is 4.79 Å². The zero-order valence-electron chi connectivity index (χ0n) is 27.6. The fraction of sp³-hybridized carbons (Fsp3) is 0.667. The summed E-state index contributed by atoms with van der Waals surface area (Å²) in [6.07, 6.45) is 25.3. The van der Waals surface area contributed by atoms with Crippen LogP contribution in [0.5, 0.6) is 5.75 Å². The normalized spacial score (nSPS) is 12.8. The van der Waals surface area contributed by atoms with Gasteiger partial charge < -0.3 is 9.47 Å². The first-order valence-electron chi connectivity index (χ1n) is 17.6. The molecule has 2 atom stereocenters. The van der Waals surface area contributed by atoms with Gasteiger partial charge in [0.2, 0.25) is 0 Å². The predicted octanol–water partition coefficient (Wildman–Crippen LogP) is 12.5. The molecule has 0 aromatic heterocycles. The van der Waals surface area contributed by atoms with Crippen molar-refractivity contribution in [3.05, 3.63) is 65.2 Å². The lowest BCUT2D eigenvalue weighted by Gasteiger charge is -2.18. The first-order valence-corrected chi connectivity index (χ1v) is 17.6. The molecule has 0 aliphatic carbocycles. The fourth-order valence-corrected chi connectivity index (χ4v) is 5.89. The molecule has 42 heavy (non-hydrogen) atoms. The molecular formula is C39H62O3. The average molecular weight is 579 g/mol. The predicted molar refractivity (Wildman–Crippen MR) is 180 cm³/mol. The van der Waals surface area contributed by atoms with Crippen LogP contribution in [-0.4, -0.2) is 12.6 Å². The maximum Gasteiger partial charge on any atom is 0.343 e. The van der Waals surface area contributed by atoms with Gasteiger partial charge in [0.15, 0.2) is 0 Å². The van der Waals surface area contributed by atoms with E-state index in [1.54, 1.807) is 0 Å². The van der Waals surface area contributed by atoms with Crippen LogP contribution in [0.4, 0.5) is 0 Å². The van der Waals surface area contributed by atoms with E-state index in [4.69, 9.17) is 9.47 Å². The highest BCUT2D eigenvalue weighted by atomic mass is 16.5. The SMILES string of the molecule is CCCCCCCCCCCCCCCCCCOC(C)c1ccc(C(=O)Oc2ccccc2C(CC)CCC)cc1. The minimum Gasteiger partial charge on any atom is -0.423 e. The molecule has 0 aliphatic rings. The van der Waals surface area contributed by atoms with Crippen LogP contribution in [0.15, 0.2) is 48.5 Å². The number of benzene rings is 2. The highest BCUT2D eigenvalue weighted by molar-refractivity contribution is 5.91. The Bertz CT molecular complexity index is 935. The molecule has 2 rings (SSSR count). The molecule has 2 aromatic rings. The van der Waals surface area contributed by atoms with Crippen molar-refractivity contribution >= 4 is 5.97 Å². The second kappa shape index (κ2) is 23.3. The zero-order valence-corrected chi connectivity index (χ0v) is 27.6. The van der Waals surface area contributed by atoms with Crippen molar-refractivity contribution < 1.29 is 14.3 Å². The van der Waals surface area contributed by atoms with Crippen LogP contribution in [0, 0.1) is 0 Å². The van der Waals surface area contributed by atoms with E-state index < -0.39 is 0 Å². The van der Waals surface area contributed by atoms with Crippen molar-refractivity contribution in [2.45, 2.75) is 162 Å². The Kier molecular flexibility index (Phi) is 20.0. The molecule has 2 aromatic carbocycles. The van der Waals surface area contributed by atoms with Gasteiger partial charge in [-0.3, -0.25) is 0 Å². The lowest BCUT2D eigenvalue weighted by molar-refractivity contribution is 0.0625. The number of hydrogen-bond donors (Lipinski definition) is 0. The second-order valence-electron chi connectivity index (χ2n) is 12.3. The van der Waals surface area contributed by atoms with E-state index in [1.807, 2.05) is 42.5 Å². The van der Waals surface area contributed by atoms with E-state index in [0.29, 0.717) is 17.2 Å². The Morgan fingerprint density at radius 2 is 1.17 bits per heavy atom. The minimum atomic E-state index is -0.304. The van der Waals surface area contributed by atoms with Gasteiger partial charge >= 0.3 is 5.97 Å². The summed E-state index contributed by atoms with van der Waals surface area (Å²) in [4.78, 5) is 12.9. The Balaban J connectivity index is 1.56. The number of rotatable bonds is 25. The third kappa shape index (κ3) is 14.9.